The number of hydrogen-bond acceptors (Lipinski definition) is 10. The van der Waals surface area contributed by atoms with Crippen LogP contribution in [0, 0.1) is 5.92 Å². The van der Waals surface area contributed by atoms with E-state index in [4.69, 9.17) is 23.7 Å². The molecule has 0 aromatic carbocycles. The second kappa shape index (κ2) is 41.8. The number of hydrogen-bond donors (Lipinski definition) is 0. The quantitative estimate of drug-likeness (QED) is 0.0335. The first-order chi connectivity index (χ1) is 27.8. The number of carbonyl (C=O) groups excluding carboxylic acids is 4. The number of unbranched alkanes of at least 4 members (excludes halogenated alkanes) is 18. The van der Waals surface area contributed by atoms with Gasteiger partial charge in [0.25, 0.3) is 0 Å². The normalized spacial score (nSPS) is 11.8. The van der Waals surface area contributed by atoms with Gasteiger partial charge in [0, 0.05) is 38.1 Å². The molecule has 0 spiro atoms. The van der Waals surface area contributed by atoms with Gasteiger partial charge in [-0.05, 0) is 58.0 Å². The second-order valence-corrected chi connectivity index (χ2v) is 16.0. The van der Waals surface area contributed by atoms with Gasteiger partial charge in [0.2, 0.25) is 0 Å². The lowest BCUT2D eigenvalue weighted by Gasteiger charge is -2.19. The fraction of sp³-hybridized carbons (Fsp3) is 0.915. The summed E-state index contributed by atoms with van der Waals surface area (Å²) in [6, 6.07) is 0. The van der Waals surface area contributed by atoms with Crippen LogP contribution < -0.4 is 0 Å². The zero-order chi connectivity index (χ0) is 42.0. The third kappa shape index (κ3) is 37.6. The number of nitrogens with zero attached hydrogens (tertiary/aromatic N) is 1. The molecule has 0 saturated heterocycles. The molecular weight excluding hydrogens is 723 g/mol. The summed E-state index contributed by atoms with van der Waals surface area (Å²) in [6.07, 6.45) is 26.9. The highest BCUT2D eigenvalue weighted by Gasteiger charge is 2.18. The molecule has 0 aliphatic heterocycles. The summed E-state index contributed by atoms with van der Waals surface area (Å²) < 4.78 is 27.8. The van der Waals surface area contributed by atoms with Gasteiger partial charge in [0.1, 0.15) is 6.10 Å². The summed E-state index contributed by atoms with van der Waals surface area (Å²) in [5.41, 5.74) is 0. The maximum Gasteiger partial charge on any atom is 0.508 e. The van der Waals surface area contributed by atoms with Gasteiger partial charge in [-0.1, -0.05) is 150 Å². The molecule has 0 aliphatic carbocycles. The Balaban J connectivity index is 4.92. The molecule has 57 heavy (non-hydrogen) atoms. The Morgan fingerprint density at radius 2 is 0.842 bits per heavy atom. The molecule has 0 fully saturated rings. The molecule has 10 nitrogen and oxygen atoms in total. The molecule has 336 valence electrons. The number of rotatable bonds is 42. The maximum atomic E-state index is 13.0. The molecule has 0 radical (unpaired) electrons. The van der Waals surface area contributed by atoms with Gasteiger partial charge < -0.3 is 28.6 Å². The van der Waals surface area contributed by atoms with Gasteiger partial charge >= 0.3 is 24.1 Å². The van der Waals surface area contributed by atoms with Crippen LogP contribution in [0.4, 0.5) is 4.79 Å². The second-order valence-electron chi connectivity index (χ2n) is 16.0. The van der Waals surface area contributed by atoms with Gasteiger partial charge in [0.15, 0.2) is 0 Å². The summed E-state index contributed by atoms with van der Waals surface area (Å²) in [4.78, 5) is 52.4. The summed E-state index contributed by atoms with van der Waals surface area (Å²) in [5, 5.41) is 0. The number of ether oxygens (including phenoxy) is 5. The average Bonchev–Trinajstić information content (AvgIpc) is 3.20. The standard InChI is InChI=1S/C47H89NO9/c1-6-11-14-17-18-19-20-21-24-25-32-43(36-39-54-47(52)53-38-30-37-48(9-4)10-5)57-46(51)35-29-28-31-42(40-55-44(49)33-26-22-15-12-7-2)41-56-45(50)34-27-23-16-13-8-3/h42-43H,6-41H2,1-5H3. The topological polar surface area (TPSA) is 118 Å². The van der Waals surface area contributed by atoms with Crippen molar-refractivity contribution in [3.05, 3.63) is 0 Å². The van der Waals surface area contributed by atoms with Crippen LogP contribution in [0.5, 0.6) is 0 Å². The first-order valence-corrected chi connectivity index (χ1v) is 23.8. The Morgan fingerprint density at radius 1 is 0.421 bits per heavy atom. The molecule has 0 aromatic rings. The van der Waals surface area contributed by atoms with Crippen molar-refractivity contribution in [2.24, 2.45) is 5.92 Å². The molecule has 0 saturated carbocycles. The zero-order valence-corrected chi connectivity index (χ0v) is 37.7. The Bertz CT molecular complexity index is 912. The molecule has 0 aliphatic rings. The van der Waals surface area contributed by atoms with Gasteiger partial charge in [0.05, 0.1) is 26.4 Å². The Kier molecular flexibility index (Phi) is 40.1. The largest absolute Gasteiger partial charge is 0.508 e. The maximum absolute atomic E-state index is 13.0. The first-order valence-electron chi connectivity index (χ1n) is 23.8. The van der Waals surface area contributed by atoms with Crippen LogP contribution in [0.1, 0.15) is 221 Å². The van der Waals surface area contributed by atoms with Crippen LogP contribution in [0.2, 0.25) is 0 Å². The van der Waals surface area contributed by atoms with E-state index in [1.807, 2.05) is 0 Å². The fourth-order valence-corrected chi connectivity index (χ4v) is 6.89. The highest BCUT2D eigenvalue weighted by molar-refractivity contribution is 5.70. The first kappa shape index (κ1) is 54.6. The van der Waals surface area contributed by atoms with E-state index in [1.54, 1.807) is 0 Å². The van der Waals surface area contributed by atoms with E-state index in [0.717, 1.165) is 103 Å². The monoisotopic (exact) mass is 812 g/mol. The lowest BCUT2D eigenvalue weighted by Crippen LogP contribution is -2.25. The Hall–Kier alpha value is -2.36. The molecule has 0 N–H and O–H groups in total. The lowest BCUT2D eigenvalue weighted by atomic mass is 10.0. The van der Waals surface area contributed by atoms with Crippen molar-refractivity contribution < 1.29 is 42.9 Å². The van der Waals surface area contributed by atoms with Crippen LogP contribution >= 0.6 is 0 Å². The van der Waals surface area contributed by atoms with Crippen LogP contribution in [-0.2, 0) is 38.1 Å². The average molecular weight is 812 g/mol. The van der Waals surface area contributed by atoms with Crippen molar-refractivity contribution in [1.82, 2.24) is 4.90 Å². The van der Waals surface area contributed by atoms with E-state index in [0.29, 0.717) is 38.7 Å². The number of esters is 3. The fourth-order valence-electron chi connectivity index (χ4n) is 6.89. The highest BCUT2D eigenvalue weighted by atomic mass is 16.7. The molecule has 0 bridgehead atoms. The van der Waals surface area contributed by atoms with E-state index in [1.165, 1.54) is 64.2 Å². The van der Waals surface area contributed by atoms with Crippen LogP contribution in [0.15, 0.2) is 0 Å². The lowest BCUT2D eigenvalue weighted by molar-refractivity contribution is -0.150. The van der Waals surface area contributed by atoms with Crippen LogP contribution in [0.3, 0.4) is 0 Å². The molecular formula is C47H89NO9. The van der Waals surface area contributed by atoms with Gasteiger partial charge in [-0.3, -0.25) is 14.4 Å². The van der Waals surface area contributed by atoms with Gasteiger partial charge in [-0.2, -0.15) is 0 Å². The van der Waals surface area contributed by atoms with E-state index >= 15 is 0 Å². The van der Waals surface area contributed by atoms with Crippen LogP contribution in [0.25, 0.3) is 0 Å². The molecule has 0 heterocycles. The zero-order valence-electron chi connectivity index (χ0n) is 37.7. The smallest absolute Gasteiger partial charge is 0.465 e. The Labute approximate surface area is 350 Å². The van der Waals surface area contributed by atoms with Gasteiger partial charge in [-0.15, -0.1) is 0 Å². The van der Waals surface area contributed by atoms with E-state index in [9.17, 15) is 19.2 Å². The summed E-state index contributed by atoms with van der Waals surface area (Å²) in [5.74, 6) is -0.787. The molecule has 1 atom stereocenters. The van der Waals surface area contributed by atoms with Crippen molar-refractivity contribution >= 4 is 24.1 Å². The SMILES string of the molecule is CCCCCCCCCCCCC(CCOC(=O)OCCCN(CC)CC)OC(=O)CCCCC(COC(=O)CCCCCCC)COC(=O)CCCCCCC. The molecule has 0 rings (SSSR count). The minimum Gasteiger partial charge on any atom is -0.465 e. The van der Waals surface area contributed by atoms with Crippen LogP contribution in [-0.4, -0.2) is 81.1 Å². The summed E-state index contributed by atoms with van der Waals surface area (Å²) >= 11 is 0. The number of carbonyl (C=O) groups is 4. The van der Waals surface area contributed by atoms with Crippen molar-refractivity contribution in [2.75, 3.05) is 46.1 Å². The van der Waals surface area contributed by atoms with E-state index in [2.05, 4.69) is 39.5 Å². The summed E-state index contributed by atoms with van der Waals surface area (Å²) in [6.45, 7) is 14.5. The predicted octanol–water partition coefficient (Wildman–Crippen LogP) is 12.5. The van der Waals surface area contributed by atoms with Crippen molar-refractivity contribution in [3.63, 3.8) is 0 Å². The minimum atomic E-state index is -0.677. The van der Waals surface area contributed by atoms with E-state index in [-0.39, 0.29) is 56.2 Å². The van der Waals surface area contributed by atoms with Crippen molar-refractivity contribution in [1.29, 1.82) is 0 Å². The highest BCUT2D eigenvalue weighted by Crippen LogP contribution is 2.18. The molecule has 1 unspecified atom stereocenters. The van der Waals surface area contributed by atoms with E-state index < -0.39 is 6.16 Å². The molecule has 0 amide bonds. The molecule has 10 heteroatoms. The van der Waals surface area contributed by atoms with Gasteiger partial charge in [-0.25, -0.2) is 4.79 Å². The van der Waals surface area contributed by atoms with Crippen molar-refractivity contribution in [3.8, 4) is 0 Å². The molecule has 0 aromatic heterocycles. The predicted molar refractivity (Wildman–Crippen MR) is 231 cm³/mol. The summed E-state index contributed by atoms with van der Waals surface area (Å²) in [7, 11) is 0. The third-order valence-electron chi connectivity index (χ3n) is 10.7. The third-order valence-corrected chi connectivity index (χ3v) is 10.7. The minimum absolute atomic E-state index is 0.118. The van der Waals surface area contributed by atoms with Crippen molar-refractivity contribution in [2.45, 2.75) is 227 Å². The Morgan fingerprint density at radius 3 is 1.35 bits per heavy atom.